The van der Waals surface area contributed by atoms with E-state index in [4.69, 9.17) is 11.6 Å². The van der Waals surface area contributed by atoms with Gasteiger partial charge in [0.15, 0.2) is 0 Å². The fourth-order valence-corrected chi connectivity index (χ4v) is 3.93. The Labute approximate surface area is 87.0 Å². The lowest BCUT2D eigenvalue weighted by atomic mass is 9.66. The lowest BCUT2D eigenvalue weighted by Gasteiger charge is -2.41. The Hall–Kier alpha value is 0.290. The molecule has 0 amide bonds. The highest BCUT2D eigenvalue weighted by Crippen LogP contribution is 2.49. The summed E-state index contributed by atoms with van der Waals surface area (Å²) in [6.07, 6.45) is 13.0. The highest BCUT2D eigenvalue weighted by atomic mass is 35.5. The summed E-state index contributed by atoms with van der Waals surface area (Å²) in [5.74, 6) is 1.91. The van der Waals surface area contributed by atoms with Crippen molar-refractivity contribution in [1.29, 1.82) is 0 Å². The first kappa shape index (κ1) is 9.83. The zero-order valence-electron chi connectivity index (χ0n) is 8.53. The lowest BCUT2D eigenvalue weighted by molar-refractivity contribution is 0.127. The van der Waals surface area contributed by atoms with Crippen molar-refractivity contribution in [2.24, 2.45) is 11.3 Å². The monoisotopic (exact) mass is 200 g/mol. The minimum atomic E-state index is 0.566. The Bertz CT molecular complexity index is 153. The summed E-state index contributed by atoms with van der Waals surface area (Å²) in [7, 11) is 0. The second-order valence-electron chi connectivity index (χ2n) is 5.04. The molecule has 2 aliphatic rings. The van der Waals surface area contributed by atoms with Crippen LogP contribution in [0.15, 0.2) is 0 Å². The van der Waals surface area contributed by atoms with E-state index in [1.807, 2.05) is 0 Å². The van der Waals surface area contributed by atoms with E-state index >= 15 is 0 Å². The molecule has 0 atom stereocenters. The Morgan fingerprint density at radius 3 is 2.08 bits per heavy atom. The molecule has 0 saturated heterocycles. The molecular formula is C12H21Cl. The van der Waals surface area contributed by atoms with Gasteiger partial charge in [-0.25, -0.2) is 0 Å². The predicted octanol–water partition coefficient (Wildman–Crippen LogP) is 4.37. The molecule has 0 spiro atoms. The molecule has 2 fully saturated rings. The average Bonchev–Trinajstić information content (AvgIpc) is 2.72. The van der Waals surface area contributed by atoms with Gasteiger partial charge in [-0.1, -0.05) is 32.1 Å². The number of rotatable bonds is 2. The first-order valence-corrected chi connectivity index (χ1v) is 6.47. The van der Waals surface area contributed by atoms with Crippen LogP contribution in [0.25, 0.3) is 0 Å². The standard InChI is InChI=1S/C12H21Cl/c13-10-12(8-4-1-5-9-12)11-6-2-3-7-11/h11H,1-10H2. The van der Waals surface area contributed by atoms with Gasteiger partial charge in [-0.3, -0.25) is 0 Å². The van der Waals surface area contributed by atoms with Gasteiger partial charge in [0.25, 0.3) is 0 Å². The molecule has 2 rings (SSSR count). The van der Waals surface area contributed by atoms with Gasteiger partial charge in [0.1, 0.15) is 0 Å². The molecule has 0 unspecified atom stereocenters. The van der Waals surface area contributed by atoms with Crippen LogP contribution in [0.1, 0.15) is 57.8 Å². The van der Waals surface area contributed by atoms with E-state index in [1.165, 1.54) is 57.8 Å². The highest BCUT2D eigenvalue weighted by molar-refractivity contribution is 6.18. The maximum Gasteiger partial charge on any atom is 0.0282 e. The average molecular weight is 201 g/mol. The second-order valence-corrected chi connectivity index (χ2v) is 5.31. The minimum absolute atomic E-state index is 0.566. The molecular weight excluding hydrogens is 180 g/mol. The smallest absolute Gasteiger partial charge is 0.0282 e. The molecule has 0 heterocycles. The van der Waals surface area contributed by atoms with Crippen molar-refractivity contribution in [1.82, 2.24) is 0 Å². The first-order valence-electron chi connectivity index (χ1n) is 5.93. The predicted molar refractivity (Wildman–Crippen MR) is 58.2 cm³/mol. The second kappa shape index (κ2) is 4.21. The number of halogens is 1. The topological polar surface area (TPSA) is 0 Å². The van der Waals surface area contributed by atoms with Crippen LogP contribution in [0.2, 0.25) is 0 Å². The molecule has 13 heavy (non-hydrogen) atoms. The van der Waals surface area contributed by atoms with E-state index in [9.17, 15) is 0 Å². The summed E-state index contributed by atoms with van der Waals surface area (Å²) in [4.78, 5) is 0. The van der Waals surface area contributed by atoms with Crippen molar-refractivity contribution in [3.05, 3.63) is 0 Å². The van der Waals surface area contributed by atoms with E-state index in [2.05, 4.69) is 0 Å². The van der Waals surface area contributed by atoms with Gasteiger partial charge in [0, 0.05) is 5.88 Å². The van der Waals surface area contributed by atoms with Crippen LogP contribution in [-0.4, -0.2) is 5.88 Å². The van der Waals surface area contributed by atoms with Crippen molar-refractivity contribution in [3.63, 3.8) is 0 Å². The normalized spacial score (nSPS) is 29.3. The third-order valence-corrected chi connectivity index (χ3v) is 4.87. The SMILES string of the molecule is ClCC1(C2CCCC2)CCCCC1. The largest absolute Gasteiger partial charge is 0.126 e. The molecule has 0 aliphatic heterocycles. The molecule has 0 aromatic rings. The van der Waals surface area contributed by atoms with Crippen LogP contribution >= 0.6 is 11.6 Å². The van der Waals surface area contributed by atoms with Gasteiger partial charge in [-0.15, -0.1) is 11.6 Å². The number of alkyl halides is 1. The highest BCUT2D eigenvalue weighted by Gasteiger charge is 2.39. The fourth-order valence-electron chi connectivity index (χ4n) is 3.45. The van der Waals surface area contributed by atoms with E-state index < -0.39 is 0 Å². The molecule has 2 saturated carbocycles. The third-order valence-electron chi connectivity index (χ3n) is 4.34. The molecule has 0 radical (unpaired) electrons. The maximum atomic E-state index is 6.22. The molecule has 0 aromatic heterocycles. The Morgan fingerprint density at radius 2 is 1.54 bits per heavy atom. The quantitative estimate of drug-likeness (QED) is 0.581. The van der Waals surface area contributed by atoms with Gasteiger partial charge in [0.2, 0.25) is 0 Å². The van der Waals surface area contributed by atoms with Gasteiger partial charge in [0.05, 0.1) is 0 Å². The number of hydrogen-bond donors (Lipinski definition) is 0. The van der Waals surface area contributed by atoms with E-state index in [0.717, 1.165) is 11.8 Å². The van der Waals surface area contributed by atoms with Crippen molar-refractivity contribution < 1.29 is 0 Å². The van der Waals surface area contributed by atoms with Crippen LogP contribution in [0, 0.1) is 11.3 Å². The lowest BCUT2D eigenvalue weighted by Crippen LogP contribution is -2.33. The summed E-state index contributed by atoms with van der Waals surface area (Å²) in [5.41, 5.74) is 0.566. The summed E-state index contributed by atoms with van der Waals surface area (Å²) >= 11 is 6.22. The molecule has 0 nitrogen and oxygen atoms in total. The Kier molecular flexibility index (Phi) is 3.18. The zero-order valence-corrected chi connectivity index (χ0v) is 9.28. The Balaban J connectivity index is 2.03. The van der Waals surface area contributed by atoms with E-state index in [0.29, 0.717) is 5.41 Å². The zero-order chi connectivity index (χ0) is 9.15. The number of hydrogen-bond acceptors (Lipinski definition) is 0. The van der Waals surface area contributed by atoms with E-state index in [1.54, 1.807) is 0 Å². The molecule has 2 aliphatic carbocycles. The molecule has 0 bridgehead atoms. The molecule has 76 valence electrons. The minimum Gasteiger partial charge on any atom is -0.126 e. The van der Waals surface area contributed by atoms with Crippen LogP contribution in [0.4, 0.5) is 0 Å². The van der Waals surface area contributed by atoms with Gasteiger partial charge in [-0.05, 0) is 37.0 Å². The van der Waals surface area contributed by atoms with Crippen molar-refractivity contribution in [2.45, 2.75) is 57.8 Å². The molecule has 0 aromatic carbocycles. The van der Waals surface area contributed by atoms with E-state index in [-0.39, 0.29) is 0 Å². The van der Waals surface area contributed by atoms with Crippen LogP contribution in [-0.2, 0) is 0 Å². The molecule has 1 heteroatoms. The summed E-state index contributed by atoms with van der Waals surface area (Å²) < 4.78 is 0. The van der Waals surface area contributed by atoms with Gasteiger partial charge < -0.3 is 0 Å². The van der Waals surface area contributed by atoms with Crippen LogP contribution in [0.3, 0.4) is 0 Å². The van der Waals surface area contributed by atoms with Crippen molar-refractivity contribution >= 4 is 11.6 Å². The molecule has 0 N–H and O–H groups in total. The van der Waals surface area contributed by atoms with Crippen molar-refractivity contribution in [2.75, 3.05) is 5.88 Å². The third kappa shape index (κ3) is 1.88. The fraction of sp³-hybridized carbons (Fsp3) is 1.00. The van der Waals surface area contributed by atoms with Gasteiger partial charge >= 0.3 is 0 Å². The first-order chi connectivity index (χ1) is 6.37. The Morgan fingerprint density at radius 1 is 0.923 bits per heavy atom. The van der Waals surface area contributed by atoms with Gasteiger partial charge in [-0.2, -0.15) is 0 Å². The summed E-state index contributed by atoms with van der Waals surface area (Å²) in [5, 5.41) is 0. The summed E-state index contributed by atoms with van der Waals surface area (Å²) in [6.45, 7) is 0. The summed E-state index contributed by atoms with van der Waals surface area (Å²) in [6, 6.07) is 0. The van der Waals surface area contributed by atoms with Crippen molar-refractivity contribution in [3.8, 4) is 0 Å². The van der Waals surface area contributed by atoms with Crippen LogP contribution in [0.5, 0.6) is 0 Å². The van der Waals surface area contributed by atoms with Crippen LogP contribution < -0.4 is 0 Å². The maximum absolute atomic E-state index is 6.22.